The number of aromatic nitrogens is 2. The maximum Gasteiger partial charge on any atom is 0.0964 e. The fourth-order valence-electron chi connectivity index (χ4n) is 2.57. The minimum Gasteiger partial charge on any atom is -0.399 e. The molecule has 0 bridgehead atoms. The van der Waals surface area contributed by atoms with Crippen LogP contribution >= 0.6 is 0 Å². The molecule has 0 aliphatic heterocycles. The van der Waals surface area contributed by atoms with Crippen LogP contribution in [-0.4, -0.2) is 9.55 Å². The van der Waals surface area contributed by atoms with E-state index in [1.54, 1.807) is 0 Å². The number of nitrogens with zero attached hydrogens (tertiary/aromatic N) is 2. The number of nitrogen functional groups attached to an aromatic ring is 1. The van der Waals surface area contributed by atoms with E-state index >= 15 is 0 Å². The molecule has 3 heteroatoms. The molecule has 2 N–H and O–H groups in total. The molecule has 3 aromatic rings. The standard InChI is InChI=1S/C16H17N3/c1-2-15(12-6-4-3-5-7-12)19-11-18-14-10-13(17)8-9-16(14)19/h3-11,15H,2,17H2,1H3. The van der Waals surface area contributed by atoms with E-state index < -0.39 is 0 Å². The number of imidazole rings is 1. The van der Waals surface area contributed by atoms with Crippen LogP contribution in [0.2, 0.25) is 0 Å². The molecule has 0 spiro atoms. The first-order chi connectivity index (χ1) is 9.29. The van der Waals surface area contributed by atoms with E-state index in [-0.39, 0.29) is 0 Å². The molecule has 3 nitrogen and oxygen atoms in total. The Morgan fingerprint density at radius 1 is 1.16 bits per heavy atom. The molecule has 3 rings (SSSR count). The lowest BCUT2D eigenvalue weighted by atomic mass is 10.0. The lowest BCUT2D eigenvalue weighted by Crippen LogP contribution is -2.08. The number of hydrogen-bond acceptors (Lipinski definition) is 2. The molecule has 19 heavy (non-hydrogen) atoms. The van der Waals surface area contributed by atoms with Crippen LogP contribution in [0.3, 0.4) is 0 Å². The molecule has 0 aliphatic carbocycles. The summed E-state index contributed by atoms with van der Waals surface area (Å²) in [6.07, 6.45) is 2.94. The largest absolute Gasteiger partial charge is 0.399 e. The van der Waals surface area contributed by atoms with E-state index in [1.807, 2.05) is 30.6 Å². The number of fused-ring (bicyclic) bond motifs is 1. The molecule has 0 aliphatic rings. The van der Waals surface area contributed by atoms with Gasteiger partial charge in [-0.25, -0.2) is 4.98 Å². The molecule has 0 saturated heterocycles. The van der Waals surface area contributed by atoms with Crippen LogP contribution in [0.4, 0.5) is 5.69 Å². The van der Waals surface area contributed by atoms with Gasteiger partial charge in [-0.05, 0) is 30.2 Å². The van der Waals surface area contributed by atoms with E-state index in [0.29, 0.717) is 6.04 Å². The number of benzene rings is 2. The van der Waals surface area contributed by atoms with E-state index in [9.17, 15) is 0 Å². The van der Waals surface area contributed by atoms with E-state index in [0.717, 1.165) is 23.1 Å². The molecule has 0 radical (unpaired) electrons. The summed E-state index contributed by atoms with van der Waals surface area (Å²) in [6, 6.07) is 16.7. The second-order valence-electron chi connectivity index (χ2n) is 4.73. The highest BCUT2D eigenvalue weighted by Crippen LogP contribution is 2.26. The van der Waals surface area contributed by atoms with Crippen LogP contribution in [0.5, 0.6) is 0 Å². The Morgan fingerprint density at radius 2 is 1.95 bits per heavy atom. The van der Waals surface area contributed by atoms with Crippen LogP contribution < -0.4 is 5.73 Å². The molecule has 2 aromatic carbocycles. The summed E-state index contributed by atoms with van der Waals surface area (Å²) in [6.45, 7) is 2.20. The molecule has 96 valence electrons. The lowest BCUT2D eigenvalue weighted by Gasteiger charge is -2.18. The summed E-state index contributed by atoms with van der Waals surface area (Å²) < 4.78 is 2.23. The molecule has 0 saturated carbocycles. The minimum absolute atomic E-state index is 0.315. The first-order valence-corrected chi connectivity index (χ1v) is 6.56. The second-order valence-corrected chi connectivity index (χ2v) is 4.73. The molecular weight excluding hydrogens is 234 g/mol. The minimum atomic E-state index is 0.315. The van der Waals surface area contributed by atoms with Crippen molar-refractivity contribution >= 4 is 16.7 Å². The van der Waals surface area contributed by atoms with Crippen molar-refractivity contribution in [3.05, 3.63) is 60.4 Å². The van der Waals surface area contributed by atoms with Gasteiger partial charge in [-0.1, -0.05) is 37.3 Å². The molecule has 0 fully saturated rings. The summed E-state index contributed by atoms with van der Waals surface area (Å²) in [5.41, 5.74) is 9.95. The second kappa shape index (κ2) is 4.76. The van der Waals surface area contributed by atoms with Gasteiger partial charge in [0.1, 0.15) is 0 Å². The fourth-order valence-corrected chi connectivity index (χ4v) is 2.57. The first kappa shape index (κ1) is 11.8. The molecule has 1 aromatic heterocycles. The molecular formula is C16H17N3. The smallest absolute Gasteiger partial charge is 0.0964 e. The van der Waals surface area contributed by atoms with Gasteiger partial charge in [0.15, 0.2) is 0 Å². The van der Waals surface area contributed by atoms with Crippen molar-refractivity contribution in [2.45, 2.75) is 19.4 Å². The van der Waals surface area contributed by atoms with Crippen molar-refractivity contribution in [1.82, 2.24) is 9.55 Å². The van der Waals surface area contributed by atoms with Gasteiger partial charge in [-0.3, -0.25) is 0 Å². The number of nitrogens with two attached hydrogens (primary N) is 1. The summed E-state index contributed by atoms with van der Waals surface area (Å²) in [7, 11) is 0. The van der Waals surface area contributed by atoms with Gasteiger partial charge >= 0.3 is 0 Å². The third kappa shape index (κ3) is 2.08. The summed E-state index contributed by atoms with van der Waals surface area (Å²) in [5.74, 6) is 0. The lowest BCUT2D eigenvalue weighted by molar-refractivity contribution is 0.581. The predicted octanol–water partition coefficient (Wildman–Crippen LogP) is 3.62. The normalized spacial score (nSPS) is 12.7. The Morgan fingerprint density at radius 3 is 2.68 bits per heavy atom. The molecule has 1 unspecified atom stereocenters. The van der Waals surface area contributed by atoms with Crippen molar-refractivity contribution < 1.29 is 0 Å². The predicted molar refractivity (Wildman–Crippen MR) is 79.0 cm³/mol. The Balaban J connectivity index is 2.12. The first-order valence-electron chi connectivity index (χ1n) is 6.56. The fraction of sp³-hybridized carbons (Fsp3) is 0.188. The van der Waals surface area contributed by atoms with Gasteiger partial charge in [0, 0.05) is 5.69 Å². The van der Waals surface area contributed by atoms with Gasteiger partial charge in [0.05, 0.1) is 23.4 Å². The van der Waals surface area contributed by atoms with Crippen molar-refractivity contribution in [3.8, 4) is 0 Å². The summed E-state index contributed by atoms with van der Waals surface area (Å²) in [5, 5.41) is 0. The molecule has 0 amide bonds. The monoisotopic (exact) mass is 251 g/mol. The van der Waals surface area contributed by atoms with Crippen LogP contribution in [0.15, 0.2) is 54.9 Å². The SMILES string of the molecule is CCC(c1ccccc1)n1cnc2cc(N)ccc21. The van der Waals surface area contributed by atoms with E-state index in [1.165, 1.54) is 5.56 Å². The number of rotatable bonds is 3. The molecule has 1 heterocycles. The Bertz CT molecular complexity index is 686. The highest BCUT2D eigenvalue weighted by molar-refractivity contribution is 5.79. The van der Waals surface area contributed by atoms with Crippen LogP contribution in [0.1, 0.15) is 24.9 Å². The summed E-state index contributed by atoms with van der Waals surface area (Å²) >= 11 is 0. The Hall–Kier alpha value is -2.29. The van der Waals surface area contributed by atoms with E-state index in [4.69, 9.17) is 5.73 Å². The maximum atomic E-state index is 5.80. The van der Waals surface area contributed by atoms with Crippen molar-refractivity contribution in [2.24, 2.45) is 0 Å². The summed E-state index contributed by atoms with van der Waals surface area (Å²) in [4.78, 5) is 4.46. The zero-order valence-corrected chi connectivity index (χ0v) is 11.0. The Labute approximate surface area is 112 Å². The van der Waals surface area contributed by atoms with Crippen LogP contribution in [-0.2, 0) is 0 Å². The maximum absolute atomic E-state index is 5.80. The average Bonchev–Trinajstić information content (AvgIpc) is 2.84. The average molecular weight is 251 g/mol. The topological polar surface area (TPSA) is 43.8 Å². The van der Waals surface area contributed by atoms with Crippen molar-refractivity contribution in [1.29, 1.82) is 0 Å². The van der Waals surface area contributed by atoms with Crippen molar-refractivity contribution in [3.63, 3.8) is 0 Å². The van der Waals surface area contributed by atoms with Gasteiger partial charge in [0.2, 0.25) is 0 Å². The van der Waals surface area contributed by atoms with Gasteiger partial charge in [-0.2, -0.15) is 0 Å². The van der Waals surface area contributed by atoms with Gasteiger partial charge in [0.25, 0.3) is 0 Å². The quantitative estimate of drug-likeness (QED) is 0.722. The zero-order valence-electron chi connectivity index (χ0n) is 11.0. The van der Waals surface area contributed by atoms with Crippen molar-refractivity contribution in [2.75, 3.05) is 5.73 Å². The van der Waals surface area contributed by atoms with E-state index in [2.05, 4.69) is 40.7 Å². The zero-order chi connectivity index (χ0) is 13.2. The van der Waals surface area contributed by atoms with Gasteiger partial charge < -0.3 is 10.3 Å². The van der Waals surface area contributed by atoms with Gasteiger partial charge in [-0.15, -0.1) is 0 Å². The molecule has 1 atom stereocenters. The Kier molecular flexibility index (Phi) is 2.95. The van der Waals surface area contributed by atoms with Crippen LogP contribution in [0.25, 0.3) is 11.0 Å². The highest BCUT2D eigenvalue weighted by Gasteiger charge is 2.14. The third-order valence-electron chi connectivity index (χ3n) is 3.51. The third-order valence-corrected chi connectivity index (χ3v) is 3.51. The number of hydrogen-bond donors (Lipinski definition) is 1. The van der Waals surface area contributed by atoms with Crippen LogP contribution in [0, 0.1) is 0 Å². The highest BCUT2D eigenvalue weighted by atomic mass is 15.1. The number of anilines is 1.